The molecule has 1 amide bonds. The molecule has 0 fully saturated rings. The number of nitrogens with zero attached hydrogens (tertiary/aromatic N) is 1. The highest BCUT2D eigenvalue weighted by molar-refractivity contribution is 7.80. The molecule has 1 aromatic carbocycles. The first-order valence-electron chi connectivity index (χ1n) is 7.87. The molecule has 1 atom stereocenters. The summed E-state index contributed by atoms with van der Waals surface area (Å²) in [5.41, 5.74) is 4.06. The van der Waals surface area contributed by atoms with Gasteiger partial charge in [0.05, 0.1) is 16.1 Å². The van der Waals surface area contributed by atoms with E-state index in [1.165, 1.54) is 4.88 Å². The third kappa shape index (κ3) is 2.49. The Morgan fingerprint density at radius 1 is 1.35 bits per heavy atom. The van der Waals surface area contributed by atoms with Crippen LogP contribution in [-0.2, 0) is 10.3 Å². The smallest absolute Gasteiger partial charge is 0.230 e. The van der Waals surface area contributed by atoms with Crippen LogP contribution in [0, 0.1) is 16.7 Å². The molecular weight excluding hydrogens is 342 g/mol. The van der Waals surface area contributed by atoms with Gasteiger partial charge in [0.2, 0.25) is 5.91 Å². The summed E-state index contributed by atoms with van der Waals surface area (Å²) in [6, 6.07) is 6.34. The van der Waals surface area contributed by atoms with Crippen LogP contribution in [0.2, 0.25) is 0 Å². The Balaban J connectivity index is 2.32. The molecule has 2 heterocycles. The lowest BCUT2D eigenvalue weighted by atomic mass is 9.85. The molecular formula is C18H21NOS3. The minimum atomic E-state index is -0.366. The molecule has 1 aliphatic rings. The minimum Gasteiger partial charge on any atom is -0.301 e. The van der Waals surface area contributed by atoms with E-state index in [1.54, 1.807) is 20.7 Å². The van der Waals surface area contributed by atoms with Crippen molar-refractivity contribution in [1.82, 2.24) is 0 Å². The number of aryl methyl sites for hydroxylation is 1. The third-order valence-electron chi connectivity index (χ3n) is 4.66. The van der Waals surface area contributed by atoms with E-state index in [9.17, 15) is 4.79 Å². The summed E-state index contributed by atoms with van der Waals surface area (Å²) in [4.78, 5) is 16.4. The van der Waals surface area contributed by atoms with Gasteiger partial charge in [-0.05, 0) is 38.8 Å². The molecule has 0 aliphatic carbocycles. The number of anilines is 1. The van der Waals surface area contributed by atoms with E-state index in [4.69, 9.17) is 12.2 Å². The van der Waals surface area contributed by atoms with E-state index in [1.807, 2.05) is 11.8 Å². The van der Waals surface area contributed by atoms with Crippen LogP contribution < -0.4 is 4.90 Å². The first-order chi connectivity index (χ1) is 10.8. The third-order valence-corrected chi connectivity index (χ3v) is 7.99. The maximum Gasteiger partial charge on any atom is 0.230 e. The molecule has 0 saturated carbocycles. The topological polar surface area (TPSA) is 20.3 Å². The Bertz CT molecular complexity index is 831. The highest BCUT2D eigenvalue weighted by Crippen LogP contribution is 2.52. The fraction of sp³-hybridized carbons (Fsp3) is 0.444. The summed E-state index contributed by atoms with van der Waals surface area (Å²) in [6.45, 7) is 10.4. The second-order valence-electron chi connectivity index (χ2n) is 6.72. The van der Waals surface area contributed by atoms with Crippen molar-refractivity contribution < 1.29 is 4.79 Å². The maximum atomic E-state index is 13.1. The van der Waals surface area contributed by atoms with E-state index in [-0.39, 0.29) is 17.4 Å². The molecule has 5 heteroatoms. The van der Waals surface area contributed by atoms with Crippen LogP contribution in [0.1, 0.15) is 44.6 Å². The number of hydrogen-bond acceptors (Lipinski definition) is 4. The SMILES string of the molecule is CC[C@@H](C)C(=O)N1c2cc(C)ccc2-c2c(ssc2=S)C1(C)C. The summed E-state index contributed by atoms with van der Waals surface area (Å²) < 4.78 is 0.929. The second kappa shape index (κ2) is 5.80. The van der Waals surface area contributed by atoms with Crippen LogP contribution in [-0.4, -0.2) is 5.91 Å². The Hall–Kier alpha value is -1.04. The van der Waals surface area contributed by atoms with Crippen molar-refractivity contribution in [3.8, 4) is 11.1 Å². The van der Waals surface area contributed by atoms with Gasteiger partial charge in [0, 0.05) is 17.0 Å². The summed E-state index contributed by atoms with van der Waals surface area (Å²) in [7, 11) is 3.35. The van der Waals surface area contributed by atoms with Crippen LogP contribution in [0.15, 0.2) is 18.2 Å². The van der Waals surface area contributed by atoms with Crippen LogP contribution in [0.4, 0.5) is 5.69 Å². The molecule has 0 saturated heterocycles. The van der Waals surface area contributed by atoms with Crippen molar-refractivity contribution in [3.05, 3.63) is 32.5 Å². The maximum absolute atomic E-state index is 13.1. The molecule has 0 N–H and O–H groups in total. The molecule has 1 aliphatic heterocycles. The predicted molar refractivity (Wildman–Crippen MR) is 103 cm³/mol. The van der Waals surface area contributed by atoms with Crippen LogP contribution in [0.3, 0.4) is 0 Å². The lowest BCUT2D eigenvalue weighted by Crippen LogP contribution is -2.49. The first kappa shape index (κ1) is 16.8. The quantitative estimate of drug-likeness (QED) is 0.471. The van der Waals surface area contributed by atoms with Crippen molar-refractivity contribution in [1.29, 1.82) is 0 Å². The van der Waals surface area contributed by atoms with Crippen molar-refractivity contribution in [2.75, 3.05) is 4.90 Å². The average molecular weight is 364 g/mol. The van der Waals surface area contributed by atoms with E-state index in [0.717, 1.165) is 32.6 Å². The summed E-state index contributed by atoms with van der Waals surface area (Å²) >= 11 is 5.59. The lowest BCUT2D eigenvalue weighted by Gasteiger charge is -2.44. The van der Waals surface area contributed by atoms with Gasteiger partial charge in [-0.25, -0.2) is 0 Å². The monoisotopic (exact) mass is 363 g/mol. The highest BCUT2D eigenvalue weighted by Gasteiger charge is 2.43. The normalized spacial score (nSPS) is 16.7. The minimum absolute atomic E-state index is 0.01000. The predicted octanol–water partition coefficient (Wildman–Crippen LogP) is 6.14. The molecule has 0 unspecified atom stereocenters. The number of carbonyl (C=O) groups excluding carboxylic acids is 1. The molecule has 0 bridgehead atoms. The number of hydrogen-bond donors (Lipinski definition) is 0. The zero-order valence-electron chi connectivity index (χ0n) is 14.1. The van der Waals surface area contributed by atoms with Gasteiger partial charge in [-0.2, -0.15) is 0 Å². The fourth-order valence-electron chi connectivity index (χ4n) is 3.13. The first-order valence-corrected chi connectivity index (χ1v) is 10.4. The molecule has 23 heavy (non-hydrogen) atoms. The van der Waals surface area contributed by atoms with Gasteiger partial charge in [0.1, 0.15) is 3.82 Å². The van der Waals surface area contributed by atoms with Gasteiger partial charge in [-0.3, -0.25) is 4.79 Å². The number of benzene rings is 1. The largest absolute Gasteiger partial charge is 0.301 e. The summed E-state index contributed by atoms with van der Waals surface area (Å²) in [6.07, 6.45) is 0.846. The Morgan fingerprint density at radius 3 is 2.70 bits per heavy atom. The van der Waals surface area contributed by atoms with Gasteiger partial charge in [-0.15, -0.1) is 0 Å². The number of carbonyl (C=O) groups is 1. The van der Waals surface area contributed by atoms with E-state index < -0.39 is 0 Å². The van der Waals surface area contributed by atoms with E-state index >= 15 is 0 Å². The zero-order valence-corrected chi connectivity index (χ0v) is 16.5. The Morgan fingerprint density at radius 2 is 2.04 bits per heavy atom. The van der Waals surface area contributed by atoms with Crippen LogP contribution in [0.5, 0.6) is 0 Å². The molecule has 2 aromatic rings. The Kier molecular flexibility index (Phi) is 4.23. The van der Waals surface area contributed by atoms with Crippen LogP contribution >= 0.6 is 32.9 Å². The molecule has 0 spiro atoms. The van der Waals surface area contributed by atoms with Crippen molar-refractivity contribution in [2.24, 2.45) is 5.92 Å². The van der Waals surface area contributed by atoms with Gasteiger partial charge in [0.15, 0.2) is 0 Å². The number of rotatable bonds is 2. The summed E-state index contributed by atoms with van der Waals surface area (Å²) in [5.74, 6) is 0.204. The van der Waals surface area contributed by atoms with Gasteiger partial charge in [-0.1, -0.05) is 58.9 Å². The molecule has 122 valence electrons. The molecule has 3 rings (SSSR count). The average Bonchev–Trinajstić information content (AvgIpc) is 2.89. The molecule has 1 aromatic heterocycles. The van der Waals surface area contributed by atoms with Crippen molar-refractivity contribution >= 4 is 44.5 Å². The highest BCUT2D eigenvalue weighted by atomic mass is 32.9. The fourth-order valence-corrected chi connectivity index (χ4v) is 6.41. The molecule has 2 nitrogen and oxygen atoms in total. The van der Waals surface area contributed by atoms with Gasteiger partial charge >= 0.3 is 0 Å². The number of fused-ring (bicyclic) bond motifs is 3. The van der Waals surface area contributed by atoms with Gasteiger partial charge in [0.25, 0.3) is 0 Å². The summed E-state index contributed by atoms with van der Waals surface area (Å²) in [5, 5.41) is 0. The zero-order chi connectivity index (χ0) is 16.9. The Labute approximate surface area is 150 Å². The number of amides is 1. The molecule has 0 radical (unpaired) electrons. The lowest BCUT2D eigenvalue weighted by molar-refractivity contribution is -0.123. The van der Waals surface area contributed by atoms with Crippen LogP contribution in [0.25, 0.3) is 11.1 Å². The van der Waals surface area contributed by atoms with E-state index in [0.29, 0.717) is 0 Å². The van der Waals surface area contributed by atoms with Crippen molar-refractivity contribution in [2.45, 2.75) is 46.6 Å². The van der Waals surface area contributed by atoms with Gasteiger partial charge < -0.3 is 4.90 Å². The second-order valence-corrected chi connectivity index (χ2v) is 9.54. The van der Waals surface area contributed by atoms with Crippen molar-refractivity contribution in [3.63, 3.8) is 0 Å². The van der Waals surface area contributed by atoms with E-state index in [2.05, 4.69) is 45.9 Å². The standard InChI is InChI=1S/C18H21NOS3/c1-6-11(3)16(20)19-13-9-10(2)7-8-12(13)14-15(18(19,4)5)22-23-17(14)21/h7-9,11H,6H2,1-5H3/t11-/m1/s1.